The molecule has 3 nitrogen and oxygen atoms in total. The Morgan fingerprint density at radius 3 is 2.81 bits per heavy atom. The second-order valence-corrected chi connectivity index (χ2v) is 7.51. The van der Waals surface area contributed by atoms with Crippen molar-refractivity contribution in [1.29, 1.82) is 0 Å². The van der Waals surface area contributed by atoms with Crippen molar-refractivity contribution in [2.45, 2.75) is 51.0 Å². The number of benzene rings is 1. The van der Waals surface area contributed by atoms with E-state index in [1.807, 2.05) is 6.92 Å². The monoisotopic (exact) mass is 309 g/mol. The summed E-state index contributed by atoms with van der Waals surface area (Å²) in [5.74, 6) is 0.670. The van der Waals surface area contributed by atoms with Gasteiger partial charge in [-0.2, -0.15) is 0 Å². The Hall–Kier alpha value is -0.710. The molecule has 1 N–H and O–H groups in total. The van der Waals surface area contributed by atoms with Crippen LogP contribution >= 0.6 is 0 Å². The van der Waals surface area contributed by atoms with Crippen molar-refractivity contribution < 1.29 is 8.95 Å². The second kappa shape index (κ2) is 8.06. The van der Waals surface area contributed by atoms with Crippen LogP contribution in [0.5, 0.6) is 0 Å². The maximum atomic E-state index is 12.7. The fourth-order valence-corrected chi connectivity index (χ4v) is 4.64. The van der Waals surface area contributed by atoms with Crippen LogP contribution in [-0.4, -0.2) is 34.5 Å². The fourth-order valence-electron chi connectivity index (χ4n) is 2.90. The summed E-state index contributed by atoms with van der Waals surface area (Å²) in [6.45, 7) is 8.02. The van der Waals surface area contributed by atoms with Crippen LogP contribution in [0.3, 0.4) is 0 Å². The highest BCUT2D eigenvalue weighted by Gasteiger charge is 2.31. The largest absolute Gasteiger partial charge is 0.377 e. The van der Waals surface area contributed by atoms with Gasteiger partial charge in [-0.25, -0.2) is 0 Å². The first-order valence-corrected chi connectivity index (χ1v) is 9.29. The van der Waals surface area contributed by atoms with Crippen LogP contribution in [0.15, 0.2) is 24.3 Å². The molecule has 2 rings (SSSR count). The highest BCUT2D eigenvalue weighted by Crippen LogP contribution is 2.24. The number of ether oxygens (including phenoxy) is 1. The molecule has 0 aromatic heterocycles. The molecule has 1 aliphatic rings. The first-order chi connectivity index (χ1) is 10.1. The molecule has 118 valence electrons. The van der Waals surface area contributed by atoms with Crippen molar-refractivity contribution in [2.75, 3.05) is 18.9 Å². The summed E-state index contributed by atoms with van der Waals surface area (Å²) < 4.78 is 18.3. The Morgan fingerprint density at radius 2 is 2.19 bits per heavy atom. The third-order valence-electron chi connectivity index (χ3n) is 4.18. The topological polar surface area (TPSA) is 38.3 Å². The SMILES string of the molecule is CCCNC(CS(=O)C1CCOC1C)c1ccccc1C. The van der Waals surface area contributed by atoms with Crippen LogP contribution in [0.2, 0.25) is 0 Å². The molecule has 1 saturated heterocycles. The molecular formula is C17H27NO2S. The van der Waals surface area contributed by atoms with Crippen molar-refractivity contribution in [3.8, 4) is 0 Å². The lowest BCUT2D eigenvalue weighted by atomic mass is 10.0. The summed E-state index contributed by atoms with van der Waals surface area (Å²) in [5.41, 5.74) is 2.53. The number of aryl methyl sites for hydroxylation is 1. The zero-order valence-corrected chi connectivity index (χ0v) is 14.1. The van der Waals surface area contributed by atoms with Gasteiger partial charge in [-0.3, -0.25) is 4.21 Å². The maximum Gasteiger partial charge on any atom is 0.0691 e. The molecule has 4 atom stereocenters. The van der Waals surface area contributed by atoms with E-state index in [0.717, 1.165) is 26.0 Å². The van der Waals surface area contributed by atoms with Gasteiger partial charge in [0.2, 0.25) is 0 Å². The quantitative estimate of drug-likeness (QED) is 0.841. The molecule has 1 aromatic rings. The molecule has 1 fully saturated rings. The number of rotatable bonds is 7. The lowest BCUT2D eigenvalue weighted by Gasteiger charge is -2.23. The van der Waals surface area contributed by atoms with E-state index < -0.39 is 10.8 Å². The van der Waals surface area contributed by atoms with Crippen LogP contribution in [0.25, 0.3) is 0 Å². The van der Waals surface area contributed by atoms with Crippen molar-refractivity contribution in [2.24, 2.45) is 0 Å². The Bertz CT molecular complexity index is 478. The Labute approximate surface area is 130 Å². The first kappa shape index (κ1) is 16.7. The predicted molar refractivity (Wildman–Crippen MR) is 89.0 cm³/mol. The average molecular weight is 309 g/mol. The molecule has 1 aliphatic heterocycles. The molecule has 1 heterocycles. The van der Waals surface area contributed by atoms with Crippen LogP contribution < -0.4 is 5.32 Å². The van der Waals surface area contributed by atoms with Gasteiger partial charge in [0.1, 0.15) is 0 Å². The van der Waals surface area contributed by atoms with E-state index in [-0.39, 0.29) is 17.4 Å². The van der Waals surface area contributed by atoms with Crippen molar-refractivity contribution in [3.05, 3.63) is 35.4 Å². The molecule has 4 heteroatoms. The van der Waals surface area contributed by atoms with Gasteiger partial charge in [0.25, 0.3) is 0 Å². The lowest BCUT2D eigenvalue weighted by Crippen LogP contribution is -2.33. The molecule has 0 saturated carbocycles. The van der Waals surface area contributed by atoms with Crippen molar-refractivity contribution in [3.63, 3.8) is 0 Å². The van der Waals surface area contributed by atoms with Gasteiger partial charge >= 0.3 is 0 Å². The molecule has 0 aliphatic carbocycles. The summed E-state index contributed by atoms with van der Waals surface area (Å²) in [4.78, 5) is 0. The summed E-state index contributed by atoms with van der Waals surface area (Å²) in [6.07, 6.45) is 2.12. The average Bonchev–Trinajstić information content (AvgIpc) is 2.90. The van der Waals surface area contributed by atoms with E-state index in [1.54, 1.807) is 0 Å². The molecule has 4 unspecified atom stereocenters. The molecule has 0 spiro atoms. The summed E-state index contributed by atoms with van der Waals surface area (Å²) in [5, 5.41) is 3.74. The van der Waals surface area contributed by atoms with Gasteiger partial charge in [-0.15, -0.1) is 0 Å². The summed E-state index contributed by atoms with van der Waals surface area (Å²) in [7, 11) is -0.855. The van der Waals surface area contributed by atoms with Gasteiger partial charge < -0.3 is 10.1 Å². The Kier molecular flexibility index (Phi) is 6.40. The standard InChI is InChI=1S/C17H27NO2S/c1-4-10-18-16(15-8-6-5-7-13(15)2)12-21(19)17-9-11-20-14(17)3/h5-8,14,16-18H,4,9-12H2,1-3H3. The molecule has 0 amide bonds. The molecule has 0 radical (unpaired) electrons. The first-order valence-electron chi connectivity index (χ1n) is 7.91. The lowest BCUT2D eigenvalue weighted by molar-refractivity contribution is 0.127. The molecular weight excluding hydrogens is 282 g/mol. The van der Waals surface area contributed by atoms with Crippen LogP contribution in [0.1, 0.15) is 43.9 Å². The van der Waals surface area contributed by atoms with Gasteiger partial charge in [-0.05, 0) is 44.4 Å². The van der Waals surface area contributed by atoms with E-state index in [1.165, 1.54) is 11.1 Å². The molecule has 1 aromatic carbocycles. The molecule has 21 heavy (non-hydrogen) atoms. The highest BCUT2D eigenvalue weighted by molar-refractivity contribution is 7.85. The van der Waals surface area contributed by atoms with E-state index in [2.05, 4.69) is 43.4 Å². The predicted octanol–water partition coefficient (Wildman–Crippen LogP) is 2.96. The van der Waals surface area contributed by atoms with Crippen molar-refractivity contribution >= 4 is 10.8 Å². The molecule has 0 bridgehead atoms. The second-order valence-electron chi connectivity index (χ2n) is 5.81. The van der Waals surface area contributed by atoms with Crippen LogP contribution in [0.4, 0.5) is 0 Å². The number of hydrogen-bond acceptors (Lipinski definition) is 3. The fraction of sp³-hybridized carbons (Fsp3) is 0.647. The maximum absolute atomic E-state index is 12.7. The smallest absolute Gasteiger partial charge is 0.0691 e. The van der Waals surface area contributed by atoms with Gasteiger partial charge in [0, 0.05) is 29.2 Å². The summed E-state index contributed by atoms with van der Waals surface area (Å²) in [6, 6.07) is 8.56. The number of hydrogen-bond donors (Lipinski definition) is 1. The Morgan fingerprint density at radius 1 is 1.43 bits per heavy atom. The minimum Gasteiger partial charge on any atom is -0.377 e. The highest BCUT2D eigenvalue weighted by atomic mass is 32.2. The zero-order chi connectivity index (χ0) is 15.2. The van der Waals surface area contributed by atoms with Crippen LogP contribution in [-0.2, 0) is 15.5 Å². The van der Waals surface area contributed by atoms with Gasteiger partial charge in [0.05, 0.1) is 11.4 Å². The minimum atomic E-state index is -0.855. The Balaban J connectivity index is 2.09. The normalized spacial score (nSPS) is 24.9. The van der Waals surface area contributed by atoms with E-state index >= 15 is 0 Å². The zero-order valence-electron chi connectivity index (χ0n) is 13.3. The summed E-state index contributed by atoms with van der Waals surface area (Å²) >= 11 is 0. The van der Waals surface area contributed by atoms with E-state index in [0.29, 0.717) is 5.75 Å². The van der Waals surface area contributed by atoms with Crippen molar-refractivity contribution in [1.82, 2.24) is 5.32 Å². The van der Waals surface area contributed by atoms with Crippen LogP contribution in [0, 0.1) is 6.92 Å². The number of nitrogens with one attached hydrogen (secondary N) is 1. The van der Waals surface area contributed by atoms with Gasteiger partial charge in [-0.1, -0.05) is 31.2 Å². The third-order valence-corrected chi connectivity index (χ3v) is 6.14. The minimum absolute atomic E-state index is 0.120. The van der Waals surface area contributed by atoms with E-state index in [9.17, 15) is 4.21 Å². The third kappa shape index (κ3) is 4.38. The van der Waals surface area contributed by atoms with Gasteiger partial charge in [0.15, 0.2) is 0 Å². The van der Waals surface area contributed by atoms with E-state index in [4.69, 9.17) is 4.74 Å².